The molecule has 1 amide bonds. The quantitative estimate of drug-likeness (QED) is 0.758. The molecular weight excluding hydrogens is 290 g/mol. The van der Waals surface area contributed by atoms with Crippen LogP contribution in [0.1, 0.15) is 47.2 Å². The molecule has 0 spiro atoms. The van der Waals surface area contributed by atoms with Gasteiger partial charge in [-0.25, -0.2) is 9.97 Å². The first-order valence-corrected chi connectivity index (χ1v) is 7.70. The van der Waals surface area contributed by atoms with Crippen molar-refractivity contribution in [3.05, 3.63) is 46.9 Å². The maximum atomic E-state index is 11.7. The van der Waals surface area contributed by atoms with Crippen molar-refractivity contribution in [2.75, 3.05) is 11.9 Å². The fourth-order valence-electron chi connectivity index (χ4n) is 2.34. The third-order valence-electron chi connectivity index (χ3n) is 3.81. The van der Waals surface area contributed by atoms with Crippen molar-refractivity contribution < 1.29 is 4.79 Å². The molecular formula is C17H23N5O. The molecule has 0 bridgehead atoms. The maximum absolute atomic E-state index is 11.7. The molecule has 6 nitrogen and oxygen atoms in total. The van der Waals surface area contributed by atoms with Gasteiger partial charge in [-0.05, 0) is 43.5 Å². The van der Waals surface area contributed by atoms with E-state index in [-0.39, 0.29) is 11.6 Å². The molecule has 0 radical (unpaired) electrons. The van der Waals surface area contributed by atoms with Gasteiger partial charge in [0.25, 0.3) is 5.91 Å². The Labute approximate surface area is 136 Å². The van der Waals surface area contributed by atoms with E-state index >= 15 is 0 Å². The SMILES string of the molecule is CCc1nc(C(N)=O)c(Nc2cccc([C@H](C)CN)c2)nc1C. The second-order valence-corrected chi connectivity index (χ2v) is 5.56. The molecule has 0 saturated carbocycles. The van der Waals surface area contributed by atoms with Gasteiger partial charge in [0.15, 0.2) is 11.5 Å². The fourth-order valence-corrected chi connectivity index (χ4v) is 2.34. The number of benzene rings is 1. The number of hydrogen-bond acceptors (Lipinski definition) is 5. The number of anilines is 2. The highest BCUT2D eigenvalue weighted by atomic mass is 16.1. The molecule has 1 aromatic heterocycles. The van der Waals surface area contributed by atoms with Gasteiger partial charge in [0.1, 0.15) is 0 Å². The van der Waals surface area contributed by atoms with Crippen LogP contribution in [0, 0.1) is 6.92 Å². The van der Waals surface area contributed by atoms with E-state index in [0.29, 0.717) is 18.8 Å². The Bertz CT molecular complexity index is 714. The number of hydrogen-bond donors (Lipinski definition) is 3. The van der Waals surface area contributed by atoms with Crippen molar-refractivity contribution in [2.24, 2.45) is 11.5 Å². The van der Waals surface area contributed by atoms with Gasteiger partial charge in [0, 0.05) is 5.69 Å². The summed E-state index contributed by atoms with van der Waals surface area (Å²) >= 11 is 0. The van der Waals surface area contributed by atoms with Crippen LogP contribution in [0.3, 0.4) is 0 Å². The zero-order valence-corrected chi connectivity index (χ0v) is 13.8. The minimum atomic E-state index is -0.596. The van der Waals surface area contributed by atoms with Crippen LogP contribution in [-0.2, 0) is 6.42 Å². The van der Waals surface area contributed by atoms with E-state index in [1.54, 1.807) is 0 Å². The van der Waals surface area contributed by atoms with Crippen molar-refractivity contribution in [3.63, 3.8) is 0 Å². The van der Waals surface area contributed by atoms with Crippen LogP contribution < -0.4 is 16.8 Å². The highest BCUT2D eigenvalue weighted by Gasteiger charge is 2.15. The Morgan fingerprint density at radius 3 is 2.70 bits per heavy atom. The number of nitrogens with one attached hydrogen (secondary N) is 1. The molecule has 0 aliphatic carbocycles. The second kappa shape index (κ2) is 7.19. The zero-order valence-electron chi connectivity index (χ0n) is 13.8. The van der Waals surface area contributed by atoms with Crippen LogP contribution in [0.4, 0.5) is 11.5 Å². The summed E-state index contributed by atoms with van der Waals surface area (Å²) in [6.45, 7) is 6.47. The van der Waals surface area contributed by atoms with Crippen molar-refractivity contribution >= 4 is 17.4 Å². The molecule has 0 saturated heterocycles. The fraction of sp³-hybridized carbons (Fsp3) is 0.353. The van der Waals surface area contributed by atoms with Gasteiger partial charge < -0.3 is 16.8 Å². The summed E-state index contributed by atoms with van der Waals surface area (Å²) in [5.74, 6) is 0.0357. The standard InChI is InChI=1S/C17H23N5O/c1-4-14-11(3)20-17(15(22-14)16(19)23)21-13-7-5-6-12(8-13)10(2)9-18/h5-8,10H,4,9,18H2,1-3H3,(H2,19,23)(H,20,21)/t10-/m1/s1. The molecule has 23 heavy (non-hydrogen) atoms. The molecule has 0 unspecified atom stereocenters. The Morgan fingerprint density at radius 1 is 1.35 bits per heavy atom. The van der Waals surface area contributed by atoms with Crippen LogP contribution in [0.2, 0.25) is 0 Å². The summed E-state index contributed by atoms with van der Waals surface area (Å²) < 4.78 is 0. The van der Waals surface area contributed by atoms with E-state index in [0.717, 1.165) is 22.6 Å². The van der Waals surface area contributed by atoms with E-state index in [2.05, 4.69) is 22.2 Å². The highest BCUT2D eigenvalue weighted by molar-refractivity contribution is 5.96. The number of aryl methyl sites for hydroxylation is 2. The largest absolute Gasteiger partial charge is 0.364 e. The average molecular weight is 313 g/mol. The van der Waals surface area contributed by atoms with Crippen LogP contribution in [0.25, 0.3) is 0 Å². The Hall–Kier alpha value is -2.47. The van der Waals surface area contributed by atoms with Gasteiger partial charge in [-0.3, -0.25) is 4.79 Å². The predicted molar refractivity (Wildman–Crippen MR) is 91.9 cm³/mol. The minimum absolute atomic E-state index is 0.157. The topological polar surface area (TPSA) is 107 Å². The van der Waals surface area contributed by atoms with E-state index in [4.69, 9.17) is 11.5 Å². The van der Waals surface area contributed by atoms with Crippen molar-refractivity contribution in [2.45, 2.75) is 33.1 Å². The Morgan fingerprint density at radius 2 is 2.09 bits per heavy atom. The molecule has 1 aromatic carbocycles. The van der Waals surface area contributed by atoms with Crippen LogP contribution in [0.5, 0.6) is 0 Å². The smallest absolute Gasteiger partial charge is 0.271 e. The maximum Gasteiger partial charge on any atom is 0.271 e. The number of amides is 1. The summed E-state index contributed by atoms with van der Waals surface area (Å²) in [5, 5.41) is 3.15. The molecule has 2 rings (SSSR count). The predicted octanol–water partition coefficient (Wildman–Crippen LogP) is 2.25. The number of carbonyl (C=O) groups is 1. The molecule has 6 heteroatoms. The zero-order chi connectivity index (χ0) is 17.0. The third kappa shape index (κ3) is 3.84. The molecule has 0 fully saturated rings. The summed E-state index contributed by atoms with van der Waals surface area (Å²) in [6.07, 6.45) is 0.697. The summed E-state index contributed by atoms with van der Waals surface area (Å²) in [7, 11) is 0. The lowest BCUT2D eigenvalue weighted by molar-refractivity contribution is 0.0996. The van der Waals surface area contributed by atoms with Gasteiger partial charge in [0.2, 0.25) is 0 Å². The van der Waals surface area contributed by atoms with Crippen molar-refractivity contribution in [3.8, 4) is 0 Å². The average Bonchev–Trinajstić information content (AvgIpc) is 2.54. The van der Waals surface area contributed by atoms with Gasteiger partial charge >= 0.3 is 0 Å². The van der Waals surface area contributed by atoms with E-state index in [1.165, 1.54) is 0 Å². The molecule has 5 N–H and O–H groups in total. The molecule has 0 aliphatic rings. The Kier molecular flexibility index (Phi) is 5.28. The third-order valence-corrected chi connectivity index (χ3v) is 3.81. The minimum Gasteiger partial charge on any atom is -0.364 e. The normalized spacial score (nSPS) is 12.0. The molecule has 2 aromatic rings. The van der Waals surface area contributed by atoms with E-state index in [9.17, 15) is 4.79 Å². The monoisotopic (exact) mass is 313 g/mol. The number of carbonyl (C=O) groups excluding carboxylic acids is 1. The summed E-state index contributed by atoms with van der Waals surface area (Å²) in [5.41, 5.74) is 14.8. The number of nitrogens with two attached hydrogens (primary N) is 2. The van der Waals surface area contributed by atoms with Gasteiger partial charge in [-0.15, -0.1) is 0 Å². The van der Waals surface area contributed by atoms with Crippen LogP contribution >= 0.6 is 0 Å². The second-order valence-electron chi connectivity index (χ2n) is 5.56. The van der Waals surface area contributed by atoms with Gasteiger partial charge in [-0.2, -0.15) is 0 Å². The summed E-state index contributed by atoms with van der Waals surface area (Å²) in [4.78, 5) is 20.5. The summed E-state index contributed by atoms with van der Waals surface area (Å²) in [6, 6.07) is 7.86. The first-order valence-electron chi connectivity index (χ1n) is 7.70. The lowest BCUT2D eigenvalue weighted by atomic mass is 10.0. The van der Waals surface area contributed by atoms with E-state index in [1.807, 2.05) is 38.1 Å². The first-order chi connectivity index (χ1) is 11.0. The molecule has 1 heterocycles. The van der Waals surface area contributed by atoms with Crippen LogP contribution in [0.15, 0.2) is 24.3 Å². The first kappa shape index (κ1) is 16.9. The van der Waals surface area contributed by atoms with Crippen molar-refractivity contribution in [1.82, 2.24) is 9.97 Å². The Balaban J connectivity index is 2.40. The lowest BCUT2D eigenvalue weighted by Gasteiger charge is -2.14. The van der Waals surface area contributed by atoms with E-state index < -0.39 is 5.91 Å². The number of aromatic nitrogens is 2. The number of nitrogens with zero attached hydrogens (tertiary/aromatic N) is 2. The molecule has 1 atom stereocenters. The molecule has 122 valence electrons. The number of rotatable bonds is 6. The highest BCUT2D eigenvalue weighted by Crippen LogP contribution is 2.23. The molecule has 0 aliphatic heterocycles. The van der Waals surface area contributed by atoms with Crippen molar-refractivity contribution in [1.29, 1.82) is 0 Å². The lowest BCUT2D eigenvalue weighted by Crippen LogP contribution is -2.18. The number of primary amides is 1. The van der Waals surface area contributed by atoms with Gasteiger partial charge in [0.05, 0.1) is 11.4 Å². The van der Waals surface area contributed by atoms with Gasteiger partial charge in [-0.1, -0.05) is 26.0 Å². The van der Waals surface area contributed by atoms with Crippen LogP contribution in [-0.4, -0.2) is 22.4 Å².